The number of pyridine rings is 1. The highest BCUT2D eigenvalue weighted by Crippen LogP contribution is 2.09. The zero-order valence-electron chi connectivity index (χ0n) is 14.3. The molecule has 1 N–H and O–H groups in total. The number of hydrogen-bond donors (Lipinski definition) is 1. The average Bonchev–Trinajstić information content (AvgIpc) is 2.68. The maximum atomic E-state index is 12.4. The number of amides is 1. The van der Waals surface area contributed by atoms with Crippen molar-refractivity contribution < 1.29 is 9.53 Å². The number of hydrogen-bond acceptors (Lipinski definition) is 5. The standard InChI is InChI=1S/C19H18N4O3/c1-2-26-17-12-14(10-11-20-17)13-21-19(25)16-8-9-18(24)23(22-16)15-6-4-3-5-7-15/h3-12H,2,13H2,1H3,(H,21,25). The van der Waals surface area contributed by atoms with Gasteiger partial charge in [0.2, 0.25) is 5.88 Å². The summed E-state index contributed by atoms with van der Waals surface area (Å²) in [5.41, 5.74) is 1.31. The van der Waals surface area contributed by atoms with Gasteiger partial charge in [-0.2, -0.15) is 9.78 Å². The first kappa shape index (κ1) is 17.3. The Morgan fingerprint density at radius 2 is 1.96 bits per heavy atom. The van der Waals surface area contributed by atoms with Gasteiger partial charge in [-0.25, -0.2) is 4.98 Å². The van der Waals surface area contributed by atoms with Crippen LogP contribution in [-0.4, -0.2) is 27.3 Å². The van der Waals surface area contributed by atoms with E-state index in [1.807, 2.05) is 13.0 Å². The zero-order valence-corrected chi connectivity index (χ0v) is 14.3. The van der Waals surface area contributed by atoms with E-state index in [9.17, 15) is 9.59 Å². The van der Waals surface area contributed by atoms with Crippen LogP contribution in [0.4, 0.5) is 0 Å². The molecule has 2 heterocycles. The molecule has 0 saturated heterocycles. The van der Waals surface area contributed by atoms with Crippen molar-refractivity contribution in [3.05, 3.63) is 82.4 Å². The van der Waals surface area contributed by atoms with Crippen LogP contribution in [0.25, 0.3) is 5.69 Å². The van der Waals surface area contributed by atoms with E-state index in [-0.39, 0.29) is 17.2 Å². The topological polar surface area (TPSA) is 86.1 Å². The van der Waals surface area contributed by atoms with Crippen molar-refractivity contribution >= 4 is 5.91 Å². The second-order valence-electron chi connectivity index (χ2n) is 5.42. The van der Waals surface area contributed by atoms with Crippen LogP contribution >= 0.6 is 0 Å². The van der Waals surface area contributed by atoms with Gasteiger partial charge in [-0.05, 0) is 36.8 Å². The van der Waals surface area contributed by atoms with E-state index in [0.29, 0.717) is 24.7 Å². The molecule has 3 rings (SSSR count). The first-order valence-electron chi connectivity index (χ1n) is 8.19. The molecule has 0 unspecified atom stereocenters. The maximum Gasteiger partial charge on any atom is 0.272 e. The molecule has 0 spiro atoms. The predicted molar refractivity (Wildman–Crippen MR) is 96.4 cm³/mol. The Labute approximate surface area is 150 Å². The van der Waals surface area contributed by atoms with Gasteiger partial charge >= 0.3 is 0 Å². The van der Waals surface area contributed by atoms with Gasteiger partial charge in [0.05, 0.1) is 12.3 Å². The van der Waals surface area contributed by atoms with Crippen molar-refractivity contribution in [2.75, 3.05) is 6.61 Å². The molecule has 1 aromatic carbocycles. The second-order valence-corrected chi connectivity index (χ2v) is 5.42. The van der Waals surface area contributed by atoms with Crippen LogP contribution in [-0.2, 0) is 6.54 Å². The van der Waals surface area contributed by atoms with E-state index in [4.69, 9.17) is 4.74 Å². The summed E-state index contributed by atoms with van der Waals surface area (Å²) in [7, 11) is 0. The molecule has 0 bridgehead atoms. The predicted octanol–water partition coefficient (Wildman–Crippen LogP) is 1.96. The van der Waals surface area contributed by atoms with Crippen molar-refractivity contribution in [2.24, 2.45) is 0 Å². The Balaban J connectivity index is 1.74. The molecule has 0 aliphatic rings. The summed E-state index contributed by atoms with van der Waals surface area (Å²) < 4.78 is 6.54. The minimum absolute atomic E-state index is 0.160. The van der Waals surface area contributed by atoms with Crippen molar-refractivity contribution in [2.45, 2.75) is 13.5 Å². The molecule has 1 amide bonds. The van der Waals surface area contributed by atoms with Crippen LogP contribution in [0.2, 0.25) is 0 Å². The Hall–Kier alpha value is -3.48. The van der Waals surface area contributed by atoms with Crippen molar-refractivity contribution in [3.8, 4) is 11.6 Å². The molecular formula is C19H18N4O3. The minimum atomic E-state index is -0.371. The number of benzene rings is 1. The van der Waals surface area contributed by atoms with Crippen molar-refractivity contribution in [3.63, 3.8) is 0 Å². The number of rotatable bonds is 6. The lowest BCUT2D eigenvalue weighted by Crippen LogP contribution is -2.28. The minimum Gasteiger partial charge on any atom is -0.478 e. The summed E-state index contributed by atoms with van der Waals surface area (Å²) in [6.45, 7) is 2.70. The lowest BCUT2D eigenvalue weighted by atomic mass is 10.2. The molecule has 0 radical (unpaired) electrons. The van der Waals surface area contributed by atoms with E-state index in [2.05, 4.69) is 15.4 Å². The maximum absolute atomic E-state index is 12.4. The summed E-state index contributed by atoms with van der Waals surface area (Å²) in [6.07, 6.45) is 1.63. The molecule has 7 heteroatoms. The number of aromatic nitrogens is 3. The Bertz CT molecular complexity index is 954. The lowest BCUT2D eigenvalue weighted by molar-refractivity contribution is 0.0944. The fourth-order valence-electron chi connectivity index (χ4n) is 2.35. The molecule has 0 aliphatic heterocycles. The highest BCUT2D eigenvalue weighted by Gasteiger charge is 2.10. The second kappa shape index (κ2) is 8.06. The summed E-state index contributed by atoms with van der Waals surface area (Å²) in [4.78, 5) is 28.5. The zero-order chi connectivity index (χ0) is 18.4. The van der Waals surface area contributed by atoms with Gasteiger partial charge in [0.1, 0.15) is 5.69 Å². The van der Waals surface area contributed by atoms with Gasteiger partial charge in [0.25, 0.3) is 11.5 Å². The summed E-state index contributed by atoms with van der Waals surface area (Å²) >= 11 is 0. The van der Waals surface area contributed by atoms with Gasteiger partial charge < -0.3 is 10.1 Å². The molecule has 0 saturated carbocycles. The number of ether oxygens (including phenoxy) is 1. The van der Waals surface area contributed by atoms with Crippen LogP contribution in [0.15, 0.2) is 65.6 Å². The van der Waals surface area contributed by atoms with Crippen LogP contribution in [0.3, 0.4) is 0 Å². The number of nitrogens with zero attached hydrogens (tertiary/aromatic N) is 3. The number of nitrogens with one attached hydrogen (secondary N) is 1. The fourth-order valence-corrected chi connectivity index (χ4v) is 2.35. The molecule has 0 aliphatic carbocycles. The SMILES string of the molecule is CCOc1cc(CNC(=O)c2ccc(=O)n(-c3ccccc3)n2)ccn1. The van der Waals surface area contributed by atoms with E-state index in [1.165, 1.54) is 16.8 Å². The molecule has 26 heavy (non-hydrogen) atoms. The molecule has 2 aromatic heterocycles. The third-order valence-electron chi connectivity index (χ3n) is 3.58. The summed E-state index contributed by atoms with van der Waals surface area (Å²) in [6, 6.07) is 15.2. The number of carbonyl (C=O) groups is 1. The monoisotopic (exact) mass is 350 g/mol. The molecular weight excluding hydrogens is 332 g/mol. The first-order valence-corrected chi connectivity index (χ1v) is 8.19. The quantitative estimate of drug-likeness (QED) is 0.734. The number of para-hydroxylation sites is 1. The van der Waals surface area contributed by atoms with Gasteiger partial charge in [0, 0.05) is 24.9 Å². The molecule has 0 fully saturated rings. The van der Waals surface area contributed by atoms with Crippen molar-refractivity contribution in [1.29, 1.82) is 0 Å². The Morgan fingerprint density at radius 3 is 2.73 bits per heavy atom. The highest BCUT2D eigenvalue weighted by atomic mass is 16.5. The Morgan fingerprint density at radius 1 is 1.15 bits per heavy atom. The third kappa shape index (κ3) is 4.13. The van der Waals surface area contributed by atoms with E-state index < -0.39 is 0 Å². The molecule has 7 nitrogen and oxygen atoms in total. The largest absolute Gasteiger partial charge is 0.478 e. The van der Waals surface area contributed by atoms with Gasteiger partial charge in [-0.3, -0.25) is 9.59 Å². The normalized spacial score (nSPS) is 10.3. The summed E-state index contributed by atoms with van der Waals surface area (Å²) in [5, 5.41) is 6.94. The molecule has 3 aromatic rings. The highest BCUT2D eigenvalue weighted by molar-refractivity contribution is 5.92. The van der Waals surface area contributed by atoms with Crippen LogP contribution < -0.4 is 15.6 Å². The average molecular weight is 350 g/mol. The van der Waals surface area contributed by atoms with Crippen LogP contribution in [0.1, 0.15) is 23.0 Å². The van der Waals surface area contributed by atoms with Crippen LogP contribution in [0, 0.1) is 0 Å². The first-order chi connectivity index (χ1) is 12.7. The smallest absolute Gasteiger partial charge is 0.272 e. The van der Waals surface area contributed by atoms with E-state index in [0.717, 1.165) is 5.56 Å². The van der Waals surface area contributed by atoms with Gasteiger partial charge in [0.15, 0.2) is 0 Å². The lowest BCUT2D eigenvalue weighted by Gasteiger charge is -2.08. The third-order valence-corrected chi connectivity index (χ3v) is 3.58. The van der Waals surface area contributed by atoms with E-state index in [1.54, 1.807) is 42.6 Å². The number of carbonyl (C=O) groups excluding carboxylic acids is 1. The Kier molecular flexibility index (Phi) is 5.38. The molecule has 0 atom stereocenters. The van der Waals surface area contributed by atoms with Crippen LogP contribution in [0.5, 0.6) is 5.88 Å². The molecule has 132 valence electrons. The van der Waals surface area contributed by atoms with Gasteiger partial charge in [-0.15, -0.1) is 0 Å². The van der Waals surface area contributed by atoms with Crippen molar-refractivity contribution in [1.82, 2.24) is 20.1 Å². The van der Waals surface area contributed by atoms with E-state index >= 15 is 0 Å². The van der Waals surface area contributed by atoms with Gasteiger partial charge in [-0.1, -0.05) is 18.2 Å². The fraction of sp³-hybridized carbons (Fsp3) is 0.158. The summed E-state index contributed by atoms with van der Waals surface area (Å²) in [5.74, 6) is 0.138.